The number of aryl methyl sites for hydroxylation is 1. The van der Waals surface area contributed by atoms with E-state index in [4.69, 9.17) is 4.74 Å². The van der Waals surface area contributed by atoms with Gasteiger partial charge in [-0.2, -0.15) is 5.10 Å². The second-order valence-corrected chi connectivity index (χ2v) is 9.22. The molecule has 148 valence electrons. The third-order valence-corrected chi connectivity index (χ3v) is 6.88. The van der Waals surface area contributed by atoms with Crippen LogP contribution in [0.4, 0.5) is 4.39 Å². The summed E-state index contributed by atoms with van der Waals surface area (Å²) in [6, 6.07) is 4.54. The summed E-state index contributed by atoms with van der Waals surface area (Å²) in [7, 11) is -1.59. The Balaban J connectivity index is 1.78. The Bertz CT molecular complexity index is 1150. The maximum atomic E-state index is 14.2. The molecular formula is C19H21FN4O3S. The van der Waals surface area contributed by atoms with Crippen molar-refractivity contribution in [2.24, 2.45) is 0 Å². The van der Waals surface area contributed by atoms with Crippen LogP contribution in [0.3, 0.4) is 0 Å². The van der Waals surface area contributed by atoms with Crippen molar-refractivity contribution in [2.45, 2.75) is 26.3 Å². The predicted octanol–water partition coefficient (Wildman–Crippen LogP) is 2.86. The van der Waals surface area contributed by atoms with Gasteiger partial charge in [0, 0.05) is 18.0 Å². The largest absolute Gasteiger partial charge is 0.494 e. The van der Waals surface area contributed by atoms with Gasteiger partial charge in [-0.15, -0.1) is 0 Å². The minimum absolute atomic E-state index is 0.106. The average Bonchev–Trinajstić information content (AvgIpc) is 3.32. The number of halogens is 1. The smallest absolute Gasteiger partial charge is 0.165 e. The fourth-order valence-electron chi connectivity index (χ4n) is 3.83. The van der Waals surface area contributed by atoms with Gasteiger partial charge in [0.25, 0.3) is 0 Å². The molecule has 3 heterocycles. The fraction of sp³-hybridized carbons (Fsp3) is 0.368. The van der Waals surface area contributed by atoms with E-state index in [0.717, 1.165) is 17.1 Å². The molecule has 0 aliphatic carbocycles. The quantitative estimate of drug-likeness (QED) is 0.668. The monoisotopic (exact) mass is 404 g/mol. The zero-order valence-electron chi connectivity index (χ0n) is 15.9. The first kappa shape index (κ1) is 18.7. The third kappa shape index (κ3) is 3.09. The maximum Gasteiger partial charge on any atom is 0.165 e. The zero-order chi connectivity index (χ0) is 20.1. The predicted molar refractivity (Wildman–Crippen MR) is 103 cm³/mol. The highest BCUT2D eigenvalue weighted by Crippen LogP contribution is 2.31. The van der Waals surface area contributed by atoms with Gasteiger partial charge in [0.05, 0.1) is 41.7 Å². The molecule has 0 bridgehead atoms. The Hall–Kier alpha value is -2.68. The van der Waals surface area contributed by atoms with Crippen molar-refractivity contribution in [3.05, 3.63) is 47.8 Å². The van der Waals surface area contributed by atoms with Gasteiger partial charge in [-0.05, 0) is 38.5 Å². The van der Waals surface area contributed by atoms with Crippen LogP contribution in [0.25, 0.3) is 17.1 Å². The van der Waals surface area contributed by atoms with Crippen LogP contribution in [0, 0.1) is 19.7 Å². The average molecular weight is 404 g/mol. The van der Waals surface area contributed by atoms with Crippen LogP contribution < -0.4 is 4.74 Å². The SMILES string of the molecule is COc1ccc(-c2nccn2-c2c(C)nn(C3CCS(=O)(=O)C3)c2C)cc1F. The number of ether oxygens (including phenoxy) is 1. The minimum Gasteiger partial charge on any atom is -0.494 e. The number of sulfone groups is 1. The van der Waals surface area contributed by atoms with Crippen LogP contribution in [0.5, 0.6) is 5.75 Å². The summed E-state index contributed by atoms with van der Waals surface area (Å²) in [5.41, 5.74) is 3.05. The molecule has 1 unspecified atom stereocenters. The number of hydrogen-bond donors (Lipinski definition) is 0. The summed E-state index contributed by atoms with van der Waals surface area (Å²) in [4.78, 5) is 4.39. The lowest BCUT2D eigenvalue weighted by atomic mass is 10.2. The van der Waals surface area contributed by atoms with Gasteiger partial charge in [0.1, 0.15) is 5.82 Å². The summed E-state index contributed by atoms with van der Waals surface area (Å²) in [6.45, 7) is 3.79. The molecule has 1 saturated heterocycles. The number of hydrogen-bond acceptors (Lipinski definition) is 5. The van der Waals surface area contributed by atoms with Crippen LogP contribution >= 0.6 is 0 Å². The van der Waals surface area contributed by atoms with Crippen LogP contribution in [-0.4, -0.2) is 46.4 Å². The Kier molecular flexibility index (Phi) is 4.49. The van der Waals surface area contributed by atoms with E-state index in [1.807, 2.05) is 18.4 Å². The molecule has 1 atom stereocenters. The van der Waals surface area contributed by atoms with Crippen molar-refractivity contribution in [3.8, 4) is 22.8 Å². The number of aromatic nitrogens is 4. The Morgan fingerprint density at radius 1 is 1.29 bits per heavy atom. The lowest BCUT2D eigenvalue weighted by Gasteiger charge is -2.13. The van der Waals surface area contributed by atoms with Crippen molar-refractivity contribution in [1.29, 1.82) is 0 Å². The van der Waals surface area contributed by atoms with Gasteiger partial charge in [0.2, 0.25) is 0 Å². The van der Waals surface area contributed by atoms with E-state index in [2.05, 4.69) is 10.1 Å². The van der Waals surface area contributed by atoms with Gasteiger partial charge in [-0.3, -0.25) is 9.25 Å². The van der Waals surface area contributed by atoms with Crippen LogP contribution in [0.2, 0.25) is 0 Å². The van der Waals surface area contributed by atoms with Gasteiger partial charge in [-0.25, -0.2) is 17.8 Å². The van der Waals surface area contributed by atoms with Gasteiger partial charge < -0.3 is 4.74 Å². The lowest BCUT2D eigenvalue weighted by molar-refractivity contribution is 0.386. The van der Waals surface area contributed by atoms with E-state index in [1.54, 1.807) is 29.2 Å². The number of rotatable bonds is 4. The minimum atomic E-state index is -3.01. The molecule has 28 heavy (non-hydrogen) atoms. The Morgan fingerprint density at radius 2 is 2.07 bits per heavy atom. The highest BCUT2D eigenvalue weighted by Gasteiger charge is 2.32. The highest BCUT2D eigenvalue weighted by atomic mass is 32.2. The van der Waals surface area contributed by atoms with E-state index in [-0.39, 0.29) is 23.3 Å². The van der Waals surface area contributed by atoms with E-state index in [9.17, 15) is 12.8 Å². The molecular weight excluding hydrogens is 383 g/mol. The number of imidazole rings is 1. The van der Waals surface area contributed by atoms with E-state index in [1.165, 1.54) is 13.2 Å². The molecule has 1 aliphatic heterocycles. The molecule has 3 aromatic rings. The Labute approximate surface area is 162 Å². The first-order chi connectivity index (χ1) is 13.3. The fourth-order valence-corrected chi connectivity index (χ4v) is 5.52. The molecule has 0 saturated carbocycles. The summed E-state index contributed by atoms with van der Waals surface area (Å²) in [5.74, 6) is 0.576. The van der Waals surface area contributed by atoms with E-state index >= 15 is 0 Å². The molecule has 1 fully saturated rings. The molecule has 1 aromatic carbocycles. The molecule has 0 amide bonds. The first-order valence-electron chi connectivity index (χ1n) is 8.94. The maximum absolute atomic E-state index is 14.2. The van der Waals surface area contributed by atoms with Crippen LogP contribution in [0.1, 0.15) is 23.9 Å². The molecule has 7 nitrogen and oxygen atoms in total. The molecule has 0 spiro atoms. The summed E-state index contributed by atoms with van der Waals surface area (Å²) in [6.07, 6.45) is 4.00. The summed E-state index contributed by atoms with van der Waals surface area (Å²) >= 11 is 0. The topological polar surface area (TPSA) is 79.0 Å². The zero-order valence-corrected chi connectivity index (χ0v) is 16.7. The van der Waals surface area contributed by atoms with Crippen molar-refractivity contribution >= 4 is 9.84 Å². The first-order valence-corrected chi connectivity index (χ1v) is 10.8. The van der Waals surface area contributed by atoms with Crippen LogP contribution in [-0.2, 0) is 9.84 Å². The Morgan fingerprint density at radius 3 is 2.71 bits per heavy atom. The molecule has 2 aromatic heterocycles. The molecule has 9 heteroatoms. The lowest BCUT2D eigenvalue weighted by Crippen LogP contribution is -2.14. The van der Waals surface area contributed by atoms with Crippen LogP contribution in [0.15, 0.2) is 30.6 Å². The standard InChI is InChI=1S/C19H21FN4O3S/c1-12-18(13(2)24(22-12)15-6-9-28(25,26)11-15)23-8-7-21-19(23)14-4-5-17(27-3)16(20)10-14/h4-5,7-8,10,15H,6,9,11H2,1-3H3. The van der Waals surface area contributed by atoms with Crippen molar-refractivity contribution in [2.75, 3.05) is 18.6 Å². The third-order valence-electron chi connectivity index (χ3n) is 5.13. The number of nitrogens with zero attached hydrogens (tertiary/aromatic N) is 4. The molecule has 1 aliphatic rings. The highest BCUT2D eigenvalue weighted by molar-refractivity contribution is 7.91. The second-order valence-electron chi connectivity index (χ2n) is 6.99. The molecule has 0 N–H and O–H groups in total. The van der Waals surface area contributed by atoms with Crippen molar-refractivity contribution < 1.29 is 17.5 Å². The summed E-state index contributed by atoms with van der Waals surface area (Å²) < 4.78 is 46.6. The van der Waals surface area contributed by atoms with Crippen molar-refractivity contribution in [1.82, 2.24) is 19.3 Å². The van der Waals surface area contributed by atoms with Gasteiger partial charge in [-0.1, -0.05) is 0 Å². The van der Waals surface area contributed by atoms with Gasteiger partial charge >= 0.3 is 0 Å². The number of benzene rings is 1. The van der Waals surface area contributed by atoms with E-state index in [0.29, 0.717) is 17.8 Å². The van der Waals surface area contributed by atoms with Crippen molar-refractivity contribution in [3.63, 3.8) is 0 Å². The molecule has 4 rings (SSSR count). The second kappa shape index (κ2) is 6.73. The molecule has 0 radical (unpaired) electrons. The summed E-state index contributed by atoms with van der Waals surface area (Å²) in [5, 5.41) is 4.60. The normalized spacial score (nSPS) is 18.5. The van der Waals surface area contributed by atoms with Gasteiger partial charge in [0.15, 0.2) is 21.4 Å². The van der Waals surface area contributed by atoms with E-state index < -0.39 is 15.7 Å². The number of methoxy groups -OCH3 is 1.